The van der Waals surface area contributed by atoms with Crippen LogP contribution in [-0.4, -0.2) is 11.1 Å². The third kappa shape index (κ3) is 3.69. The lowest BCUT2D eigenvalue weighted by molar-refractivity contribution is 0.0661. The highest BCUT2D eigenvalue weighted by molar-refractivity contribution is 7.98. The van der Waals surface area contributed by atoms with Crippen molar-refractivity contribution in [1.29, 1.82) is 0 Å². The molecule has 1 aromatic heterocycles. The fourth-order valence-electron chi connectivity index (χ4n) is 1.54. The molecular weight excluding hydrogens is 307 g/mol. The molecule has 1 aromatic carbocycles. The van der Waals surface area contributed by atoms with Crippen molar-refractivity contribution in [2.45, 2.75) is 17.6 Å². The molecular formula is C13H10Cl2O3S. The van der Waals surface area contributed by atoms with Gasteiger partial charge >= 0.3 is 5.97 Å². The van der Waals surface area contributed by atoms with Gasteiger partial charge in [-0.25, -0.2) is 4.79 Å². The molecule has 0 saturated carbocycles. The summed E-state index contributed by atoms with van der Waals surface area (Å²) in [6.07, 6.45) is 0. The topological polar surface area (TPSA) is 50.4 Å². The number of aryl methyl sites for hydroxylation is 1. The van der Waals surface area contributed by atoms with Gasteiger partial charge < -0.3 is 9.52 Å². The number of carboxylic acid groups (broad SMARTS) is 1. The number of thioether (sulfide) groups is 1. The van der Waals surface area contributed by atoms with E-state index in [1.54, 1.807) is 13.0 Å². The van der Waals surface area contributed by atoms with Crippen LogP contribution >= 0.6 is 35.0 Å². The molecule has 0 aliphatic rings. The van der Waals surface area contributed by atoms with Crippen LogP contribution < -0.4 is 0 Å². The summed E-state index contributed by atoms with van der Waals surface area (Å²) in [7, 11) is 0. The van der Waals surface area contributed by atoms with Crippen molar-refractivity contribution in [3.8, 4) is 0 Å². The number of hydrogen-bond acceptors (Lipinski definition) is 3. The number of benzene rings is 1. The summed E-state index contributed by atoms with van der Waals surface area (Å²) in [6.45, 7) is 1.74. The van der Waals surface area contributed by atoms with Gasteiger partial charge in [-0.05, 0) is 31.2 Å². The summed E-state index contributed by atoms with van der Waals surface area (Å²) in [5.41, 5.74) is 0.846. The molecule has 0 fully saturated rings. The molecule has 100 valence electrons. The number of hydrogen-bond donors (Lipinski definition) is 1. The Kier molecular flexibility index (Phi) is 4.45. The number of rotatable bonds is 4. The van der Waals surface area contributed by atoms with Crippen LogP contribution in [0, 0.1) is 6.92 Å². The highest BCUT2D eigenvalue weighted by atomic mass is 35.5. The first-order chi connectivity index (χ1) is 8.95. The summed E-state index contributed by atoms with van der Waals surface area (Å²) in [4.78, 5) is 11.7. The van der Waals surface area contributed by atoms with Gasteiger partial charge in [-0.2, -0.15) is 0 Å². The first-order valence-corrected chi connectivity index (χ1v) is 7.11. The van der Waals surface area contributed by atoms with E-state index in [4.69, 9.17) is 32.7 Å². The van der Waals surface area contributed by atoms with Crippen molar-refractivity contribution >= 4 is 40.9 Å². The van der Waals surface area contributed by atoms with E-state index in [-0.39, 0.29) is 5.76 Å². The normalized spacial score (nSPS) is 10.7. The van der Waals surface area contributed by atoms with E-state index in [0.29, 0.717) is 21.6 Å². The first kappa shape index (κ1) is 14.3. The molecule has 3 nitrogen and oxygen atoms in total. The lowest BCUT2D eigenvalue weighted by atomic mass is 10.3. The minimum absolute atomic E-state index is 0.0442. The Labute approximate surface area is 124 Å². The molecule has 0 bridgehead atoms. The van der Waals surface area contributed by atoms with Gasteiger partial charge in [0.25, 0.3) is 0 Å². The third-order valence-corrected chi connectivity index (χ3v) is 3.92. The summed E-state index contributed by atoms with van der Waals surface area (Å²) in [5, 5.41) is 9.99. The van der Waals surface area contributed by atoms with E-state index in [2.05, 4.69) is 0 Å². The number of carbonyl (C=O) groups is 1. The molecule has 0 unspecified atom stereocenters. The van der Waals surface area contributed by atoms with Crippen molar-refractivity contribution in [1.82, 2.24) is 0 Å². The summed E-state index contributed by atoms with van der Waals surface area (Å²) < 4.78 is 5.15. The molecule has 2 aromatic rings. The van der Waals surface area contributed by atoms with E-state index in [0.717, 1.165) is 10.5 Å². The smallest absolute Gasteiger partial charge is 0.371 e. The largest absolute Gasteiger partial charge is 0.475 e. The predicted octanol–water partition coefficient (Wildman–Crippen LogP) is 4.89. The zero-order valence-corrected chi connectivity index (χ0v) is 12.3. The maximum Gasteiger partial charge on any atom is 0.371 e. The van der Waals surface area contributed by atoms with Crippen LogP contribution in [0.25, 0.3) is 0 Å². The van der Waals surface area contributed by atoms with Crippen molar-refractivity contribution in [2.24, 2.45) is 0 Å². The maximum atomic E-state index is 10.8. The van der Waals surface area contributed by atoms with Crippen LogP contribution in [0.4, 0.5) is 0 Å². The summed E-state index contributed by atoms with van der Waals surface area (Å²) in [5.74, 6) is 0.0969. The van der Waals surface area contributed by atoms with Gasteiger partial charge in [0.1, 0.15) is 5.76 Å². The molecule has 0 saturated heterocycles. The van der Waals surface area contributed by atoms with E-state index >= 15 is 0 Å². The fourth-order valence-corrected chi connectivity index (χ4v) is 3.23. The minimum Gasteiger partial charge on any atom is -0.475 e. The fraction of sp³-hybridized carbons (Fsp3) is 0.154. The van der Waals surface area contributed by atoms with Gasteiger partial charge in [0.05, 0.1) is 0 Å². The number of furan rings is 1. The second-order valence-corrected chi connectivity index (χ2v) is 5.81. The average molecular weight is 317 g/mol. The molecule has 0 amide bonds. The standard InChI is InChI=1S/C13H10Cl2O3S/c1-7-8(2-12(18-7)13(16)17)6-19-11-4-9(14)3-10(15)5-11/h2-5H,6H2,1H3,(H,16,17). The van der Waals surface area contributed by atoms with E-state index in [1.807, 2.05) is 12.1 Å². The van der Waals surface area contributed by atoms with Gasteiger partial charge in [-0.3, -0.25) is 0 Å². The Bertz CT molecular complexity index is 602. The molecule has 0 aliphatic carbocycles. The minimum atomic E-state index is -1.06. The van der Waals surface area contributed by atoms with Crippen LogP contribution in [-0.2, 0) is 5.75 Å². The lowest BCUT2D eigenvalue weighted by Gasteiger charge is -2.02. The molecule has 6 heteroatoms. The van der Waals surface area contributed by atoms with Gasteiger partial charge in [0, 0.05) is 26.3 Å². The maximum absolute atomic E-state index is 10.8. The molecule has 19 heavy (non-hydrogen) atoms. The number of halogens is 2. The summed E-state index contributed by atoms with van der Waals surface area (Å²) in [6, 6.07) is 6.83. The van der Waals surface area contributed by atoms with Gasteiger partial charge in [0.15, 0.2) is 0 Å². The van der Waals surface area contributed by atoms with Gasteiger partial charge in [-0.1, -0.05) is 23.2 Å². The summed E-state index contributed by atoms with van der Waals surface area (Å²) >= 11 is 13.3. The number of carboxylic acids is 1. The molecule has 1 N–H and O–H groups in total. The number of aromatic carboxylic acids is 1. The monoisotopic (exact) mass is 316 g/mol. The van der Waals surface area contributed by atoms with E-state index < -0.39 is 5.97 Å². The molecule has 0 spiro atoms. The highest BCUT2D eigenvalue weighted by Gasteiger charge is 2.13. The quantitative estimate of drug-likeness (QED) is 0.816. The third-order valence-electron chi connectivity index (χ3n) is 2.46. The molecule has 0 atom stereocenters. The van der Waals surface area contributed by atoms with E-state index in [1.165, 1.54) is 17.8 Å². The Morgan fingerprint density at radius 3 is 2.42 bits per heavy atom. The van der Waals surface area contributed by atoms with Crippen LogP contribution in [0.2, 0.25) is 10.0 Å². The van der Waals surface area contributed by atoms with Crippen molar-refractivity contribution in [3.05, 3.63) is 51.4 Å². The molecule has 1 heterocycles. The molecule has 2 rings (SSSR count). The van der Waals surface area contributed by atoms with Crippen molar-refractivity contribution in [2.75, 3.05) is 0 Å². The van der Waals surface area contributed by atoms with Crippen LogP contribution in [0.1, 0.15) is 21.9 Å². The second-order valence-electron chi connectivity index (χ2n) is 3.89. The zero-order chi connectivity index (χ0) is 14.0. The zero-order valence-electron chi connectivity index (χ0n) is 9.94. The van der Waals surface area contributed by atoms with E-state index in [9.17, 15) is 4.79 Å². The van der Waals surface area contributed by atoms with Crippen molar-refractivity contribution in [3.63, 3.8) is 0 Å². The molecule has 0 radical (unpaired) electrons. The Balaban J connectivity index is 2.12. The van der Waals surface area contributed by atoms with Gasteiger partial charge in [0.2, 0.25) is 5.76 Å². The Morgan fingerprint density at radius 1 is 1.26 bits per heavy atom. The Morgan fingerprint density at radius 2 is 1.89 bits per heavy atom. The average Bonchev–Trinajstić information content (AvgIpc) is 2.67. The Hall–Kier alpha value is -1.10. The first-order valence-electron chi connectivity index (χ1n) is 5.37. The van der Waals surface area contributed by atoms with Gasteiger partial charge in [-0.15, -0.1) is 11.8 Å². The lowest BCUT2D eigenvalue weighted by Crippen LogP contribution is -1.91. The predicted molar refractivity (Wildman–Crippen MR) is 76.4 cm³/mol. The van der Waals surface area contributed by atoms with Crippen LogP contribution in [0.5, 0.6) is 0 Å². The highest BCUT2D eigenvalue weighted by Crippen LogP contribution is 2.30. The van der Waals surface area contributed by atoms with Crippen LogP contribution in [0.15, 0.2) is 33.6 Å². The van der Waals surface area contributed by atoms with Crippen molar-refractivity contribution < 1.29 is 14.3 Å². The SMILES string of the molecule is Cc1oc(C(=O)O)cc1CSc1cc(Cl)cc(Cl)c1. The second kappa shape index (κ2) is 5.90. The molecule has 0 aliphatic heterocycles. The van der Waals surface area contributed by atoms with Crippen LogP contribution in [0.3, 0.4) is 0 Å².